The molecule has 0 radical (unpaired) electrons. The van der Waals surface area contributed by atoms with E-state index >= 15 is 0 Å². The van der Waals surface area contributed by atoms with Crippen LogP contribution in [0.2, 0.25) is 0 Å². The zero-order valence-electron chi connectivity index (χ0n) is 10.6. The monoisotopic (exact) mass is 253 g/mol. The van der Waals surface area contributed by atoms with Crippen molar-refractivity contribution in [3.63, 3.8) is 0 Å². The quantitative estimate of drug-likeness (QED) is 0.777. The Hall–Kier alpha value is -0.970. The lowest BCUT2D eigenvalue weighted by atomic mass is 10.2. The smallest absolute Gasteiger partial charge is 0.128 e. The molecule has 1 aliphatic carbocycles. The SMILES string of the molecule is CC1CC1NCC(O)COCc1ccccc1F. The van der Waals surface area contributed by atoms with Gasteiger partial charge in [-0.1, -0.05) is 25.1 Å². The lowest BCUT2D eigenvalue weighted by Gasteiger charge is -2.12. The second-order valence-electron chi connectivity index (χ2n) is 4.99. The van der Waals surface area contributed by atoms with E-state index in [0.29, 0.717) is 18.2 Å². The second kappa shape index (κ2) is 6.27. The Kier molecular flexibility index (Phi) is 4.69. The molecule has 0 amide bonds. The highest BCUT2D eigenvalue weighted by atomic mass is 19.1. The van der Waals surface area contributed by atoms with Crippen molar-refractivity contribution in [1.82, 2.24) is 5.32 Å². The number of ether oxygens (including phenoxy) is 1. The number of hydrogen-bond donors (Lipinski definition) is 2. The molecular formula is C14H20FNO2. The van der Waals surface area contributed by atoms with Crippen molar-refractivity contribution in [3.8, 4) is 0 Å². The summed E-state index contributed by atoms with van der Waals surface area (Å²) in [4.78, 5) is 0. The average molecular weight is 253 g/mol. The van der Waals surface area contributed by atoms with Gasteiger partial charge in [0.2, 0.25) is 0 Å². The van der Waals surface area contributed by atoms with Gasteiger partial charge in [0.15, 0.2) is 0 Å². The summed E-state index contributed by atoms with van der Waals surface area (Å²) in [5.74, 6) is 0.452. The first-order valence-corrected chi connectivity index (χ1v) is 6.39. The minimum atomic E-state index is -0.537. The number of aliphatic hydroxyl groups is 1. The maximum Gasteiger partial charge on any atom is 0.128 e. The minimum absolute atomic E-state index is 0.198. The van der Waals surface area contributed by atoms with Gasteiger partial charge in [0, 0.05) is 18.2 Å². The molecule has 0 bridgehead atoms. The van der Waals surface area contributed by atoms with Crippen molar-refractivity contribution in [2.24, 2.45) is 5.92 Å². The van der Waals surface area contributed by atoms with Crippen LogP contribution in [0.15, 0.2) is 24.3 Å². The van der Waals surface area contributed by atoms with Crippen molar-refractivity contribution >= 4 is 0 Å². The molecule has 3 nitrogen and oxygen atoms in total. The van der Waals surface area contributed by atoms with E-state index in [1.807, 2.05) is 0 Å². The maximum atomic E-state index is 13.3. The topological polar surface area (TPSA) is 41.5 Å². The zero-order valence-corrected chi connectivity index (χ0v) is 10.6. The molecular weight excluding hydrogens is 233 g/mol. The third kappa shape index (κ3) is 4.05. The normalized spacial score (nSPS) is 23.9. The van der Waals surface area contributed by atoms with E-state index in [2.05, 4.69) is 12.2 Å². The summed E-state index contributed by atoms with van der Waals surface area (Å²) in [7, 11) is 0. The first-order valence-electron chi connectivity index (χ1n) is 6.39. The molecule has 3 atom stereocenters. The van der Waals surface area contributed by atoms with Gasteiger partial charge in [0.05, 0.1) is 19.3 Å². The van der Waals surface area contributed by atoms with E-state index < -0.39 is 6.10 Å². The highest BCUT2D eigenvalue weighted by Crippen LogP contribution is 2.28. The molecule has 18 heavy (non-hydrogen) atoms. The molecule has 0 aromatic heterocycles. The Morgan fingerprint density at radius 3 is 2.89 bits per heavy atom. The fraction of sp³-hybridized carbons (Fsp3) is 0.571. The van der Waals surface area contributed by atoms with Crippen molar-refractivity contribution in [2.45, 2.75) is 32.1 Å². The summed E-state index contributed by atoms with van der Waals surface area (Å²) in [6.45, 7) is 3.14. The lowest BCUT2D eigenvalue weighted by Crippen LogP contribution is -2.32. The number of benzene rings is 1. The van der Waals surface area contributed by atoms with Gasteiger partial charge in [-0.05, 0) is 18.4 Å². The van der Waals surface area contributed by atoms with E-state index in [0.717, 1.165) is 5.92 Å². The third-order valence-corrected chi connectivity index (χ3v) is 3.25. The molecule has 2 N–H and O–H groups in total. The first kappa shape index (κ1) is 13.5. The van der Waals surface area contributed by atoms with Gasteiger partial charge in [-0.25, -0.2) is 4.39 Å². The van der Waals surface area contributed by atoms with Crippen LogP contribution >= 0.6 is 0 Å². The lowest BCUT2D eigenvalue weighted by molar-refractivity contribution is 0.0276. The maximum absolute atomic E-state index is 13.3. The van der Waals surface area contributed by atoms with Gasteiger partial charge < -0.3 is 15.2 Å². The van der Waals surface area contributed by atoms with Crippen LogP contribution in [0, 0.1) is 11.7 Å². The van der Waals surface area contributed by atoms with Gasteiger partial charge in [-0.15, -0.1) is 0 Å². The second-order valence-corrected chi connectivity index (χ2v) is 4.99. The third-order valence-electron chi connectivity index (χ3n) is 3.25. The highest BCUT2D eigenvalue weighted by Gasteiger charge is 2.32. The average Bonchev–Trinajstić information content (AvgIpc) is 3.05. The van der Waals surface area contributed by atoms with Crippen molar-refractivity contribution in [3.05, 3.63) is 35.6 Å². The molecule has 1 fully saturated rings. The minimum Gasteiger partial charge on any atom is -0.389 e. The van der Waals surface area contributed by atoms with Crippen LogP contribution in [-0.4, -0.2) is 30.4 Å². The van der Waals surface area contributed by atoms with Crippen molar-refractivity contribution in [1.29, 1.82) is 0 Å². The number of hydrogen-bond acceptors (Lipinski definition) is 3. The predicted octanol–water partition coefficient (Wildman–Crippen LogP) is 1.70. The Morgan fingerprint density at radius 1 is 1.50 bits per heavy atom. The Bertz CT molecular complexity index is 386. The summed E-state index contributed by atoms with van der Waals surface area (Å²) < 4.78 is 18.6. The Balaban J connectivity index is 1.61. The van der Waals surface area contributed by atoms with E-state index in [1.165, 1.54) is 12.5 Å². The van der Waals surface area contributed by atoms with Crippen LogP contribution < -0.4 is 5.32 Å². The fourth-order valence-corrected chi connectivity index (χ4v) is 1.87. The molecule has 1 aliphatic rings. The number of rotatable bonds is 7. The summed E-state index contributed by atoms with van der Waals surface area (Å²) in [5.41, 5.74) is 0.522. The summed E-state index contributed by atoms with van der Waals surface area (Å²) in [5, 5.41) is 12.9. The van der Waals surface area contributed by atoms with Crippen LogP contribution in [-0.2, 0) is 11.3 Å². The van der Waals surface area contributed by atoms with Crippen LogP contribution in [0.1, 0.15) is 18.9 Å². The Morgan fingerprint density at radius 2 is 2.22 bits per heavy atom. The molecule has 2 rings (SSSR count). The summed E-state index contributed by atoms with van der Waals surface area (Å²) in [6.07, 6.45) is 0.646. The molecule has 100 valence electrons. The molecule has 0 heterocycles. The highest BCUT2D eigenvalue weighted by molar-refractivity contribution is 5.16. The van der Waals surface area contributed by atoms with E-state index in [9.17, 15) is 9.50 Å². The van der Waals surface area contributed by atoms with Gasteiger partial charge in [-0.2, -0.15) is 0 Å². The molecule has 1 aromatic carbocycles. The standard InChI is InChI=1S/C14H20FNO2/c1-10-6-14(10)16-7-12(17)9-18-8-11-4-2-3-5-13(11)15/h2-5,10,12,14,16-17H,6-9H2,1H3. The van der Waals surface area contributed by atoms with E-state index in [1.54, 1.807) is 18.2 Å². The number of halogens is 1. The molecule has 0 spiro atoms. The molecule has 3 unspecified atom stereocenters. The van der Waals surface area contributed by atoms with Crippen molar-refractivity contribution in [2.75, 3.05) is 13.2 Å². The first-order chi connectivity index (χ1) is 8.66. The molecule has 4 heteroatoms. The molecule has 0 saturated heterocycles. The molecule has 1 aromatic rings. The zero-order chi connectivity index (χ0) is 13.0. The number of nitrogens with one attached hydrogen (secondary N) is 1. The molecule has 0 aliphatic heterocycles. The van der Waals surface area contributed by atoms with Gasteiger partial charge in [-0.3, -0.25) is 0 Å². The van der Waals surface area contributed by atoms with E-state index in [-0.39, 0.29) is 19.0 Å². The number of aliphatic hydroxyl groups excluding tert-OH is 1. The van der Waals surface area contributed by atoms with Crippen LogP contribution in [0.4, 0.5) is 4.39 Å². The van der Waals surface area contributed by atoms with Gasteiger partial charge in [0.25, 0.3) is 0 Å². The van der Waals surface area contributed by atoms with Gasteiger partial charge in [0.1, 0.15) is 5.82 Å². The largest absolute Gasteiger partial charge is 0.389 e. The summed E-state index contributed by atoms with van der Waals surface area (Å²) >= 11 is 0. The Labute approximate surface area is 107 Å². The van der Waals surface area contributed by atoms with Gasteiger partial charge >= 0.3 is 0 Å². The van der Waals surface area contributed by atoms with Crippen LogP contribution in [0.3, 0.4) is 0 Å². The van der Waals surface area contributed by atoms with Crippen molar-refractivity contribution < 1.29 is 14.2 Å². The summed E-state index contributed by atoms with van der Waals surface area (Å²) in [6, 6.07) is 7.06. The predicted molar refractivity (Wildman–Crippen MR) is 67.6 cm³/mol. The van der Waals surface area contributed by atoms with E-state index in [4.69, 9.17) is 4.74 Å². The fourth-order valence-electron chi connectivity index (χ4n) is 1.87. The molecule has 1 saturated carbocycles. The van der Waals surface area contributed by atoms with Crippen LogP contribution in [0.5, 0.6) is 0 Å². The van der Waals surface area contributed by atoms with Crippen LogP contribution in [0.25, 0.3) is 0 Å².